The predicted octanol–water partition coefficient (Wildman–Crippen LogP) is 7.40. The highest BCUT2D eigenvalue weighted by Crippen LogP contribution is 2.34. The Morgan fingerprint density at radius 2 is 1.60 bits per heavy atom. The molecule has 0 aliphatic carbocycles. The first-order valence-electron chi connectivity index (χ1n) is 16.0. The average molecular weight is 601 g/mol. The van der Waals surface area contributed by atoms with Crippen molar-refractivity contribution in [2.75, 3.05) is 26.2 Å². The van der Waals surface area contributed by atoms with Crippen LogP contribution in [0.15, 0.2) is 102 Å². The van der Waals surface area contributed by atoms with Crippen molar-refractivity contribution in [3.63, 3.8) is 0 Å². The smallest absolute Gasteiger partial charge is 0.225 e. The van der Waals surface area contributed by atoms with E-state index in [2.05, 4.69) is 109 Å². The quantitative estimate of drug-likeness (QED) is 0.201. The van der Waals surface area contributed by atoms with Crippen LogP contribution in [0.25, 0.3) is 11.0 Å². The molecule has 0 radical (unpaired) electrons. The molecule has 3 aromatic carbocycles. The second-order valence-electron chi connectivity index (χ2n) is 13.3. The molecule has 2 aromatic heterocycles. The molecular weight excluding hydrogens is 556 g/mol. The Morgan fingerprint density at radius 1 is 0.867 bits per heavy atom. The molecule has 2 unspecified atom stereocenters. The molecule has 1 N–H and O–H groups in total. The van der Waals surface area contributed by atoms with Crippen molar-refractivity contribution >= 4 is 16.9 Å². The minimum Gasteiger partial charge on any atom is -0.459 e. The standard InChI is InChI=1S/C39H44N4O2/c1-27-11-13-33(28(2)23-27)37(30-9-7-6-8-10-30)41-36(44)25-29-12-14-34-32(24-29)26-35(45-34)38(31-15-17-40-18-16-31)42-19-21-43(22-20-42)39(3,4)5/h6-18,23-24,26,37-38H,19-22,25H2,1-5H3,(H,41,44). The summed E-state index contributed by atoms with van der Waals surface area (Å²) in [4.78, 5) is 22.9. The summed E-state index contributed by atoms with van der Waals surface area (Å²) >= 11 is 0. The Morgan fingerprint density at radius 3 is 2.29 bits per heavy atom. The van der Waals surface area contributed by atoms with E-state index in [1.54, 1.807) is 0 Å². The zero-order chi connectivity index (χ0) is 31.6. The number of fused-ring (bicyclic) bond motifs is 1. The van der Waals surface area contributed by atoms with Gasteiger partial charge in [-0.2, -0.15) is 0 Å². The maximum atomic E-state index is 13.5. The third-order valence-electron chi connectivity index (χ3n) is 9.06. The molecule has 232 valence electrons. The zero-order valence-corrected chi connectivity index (χ0v) is 27.1. The lowest BCUT2D eigenvalue weighted by atomic mass is 9.93. The highest BCUT2D eigenvalue weighted by atomic mass is 16.3. The summed E-state index contributed by atoms with van der Waals surface area (Å²) in [6, 6.07) is 28.8. The number of furan rings is 1. The van der Waals surface area contributed by atoms with E-state index in [1.807, 2.05) is 42.7 Å². The summed E-state index contributed by atoms with van der Waals surface area (Å²) in [5.41, 5.74) is 7.67. The summed E-state index contributed by atoms with van der Waals surface area (Å²) in [5.74, 6) is 0.902. The van der Waals surface area contributed by atoms with Gasteiger partial charge in [0.25, 0.3) is 0 Å². The minimum atomic E-state index is -0.219. The van der Waals surface area contributed by atoms with Crippen LogP contribution in [0.4, 0.5) is 0 Å². The number of aryl methyl sites for hydroxylation is 2. The number of nitrogens with one attached hydrogen (secondary N) is 1. The summed E-state index contributed by atoms with van der Waals surface area (Å²) < 4.78 is 6.52. The molecule has 2 atom stereocenters. The number of amides is 1. The number of nitrogens with zero attached hydrogens (tertiary/aromatic N) is 3. The van der Waals surface area contributed by atoms with Crippen LogP contribution in [0.2, 0.25) is 0 Å². The van der Waals surface area contributed by atoms with Gasteiger partial charge >= 0.3 is 0 Å². The van der Waals surface area contributed by atoms with Gasteiger partial charge in [0.2, 0.25) is 5.91 Å². The van der Waals surface area contributed by atoms with Gasteiger partial charge in [0.1, 0.15) is 11.3 Å². The first-order chi connectivity index (χ1) is 21.7. The van der Waals surface area contributed by atoms with E-state index in [9.17, 15) is 4.79 Å². The summed E-state index contributed by atoms with van der Waals surface area (Å²) in [5, 5.41) is 4.34. The van der Waals surface area contributed by atoms with E-state index < -0.39 is 0 Å². The molecule has 45 heavy (non-hydrogen) atoms. The molecule has 1 aliphatic heterocycles. The molecule has 1 saturated heterocycles. The topological polar surface area (TPSA) is 61.6 Å². The Hall–Kier alpha value is -4.26. The number of pyridine rings is 1. The second kappa shape index (κ2) is 13.0. The SMILES string of the molecule is Cc1ccc(C(NC(=O)Cc2ccc3oc(C(c4ccncc4)N4CCN(C(C)(C)C)CC4)cc3c2)c2ccccc2)c(C)c1. The van der Waals surface area contributed by atoms with Crippen LogP contribution in [0.1, 0.15) is 72.0 Å². The number of rotatable bonds is 8. The summed E-state index contributed by atoms with van der Waals surface area (Å²) in [6.45, 7) is 15.0. The fraction of sp³-hybridized carbons (Fsp3) is 0.333. The van der Waals surface area contributed by atoms with Gasteiger partial charge in [0.15, 0.2) is 0 Å². The summed E-state index contributed by atoms with van der Waals surface area (Å²) in [6.07, 6.45) is 4.00. The molecule has 0 saturated carbocycles. The maximum Gasteiger partial charge on any atom is 0.225 e. The molecule has 6 nitrogen and oxygen atoms in total. The molecule has 1 amide bonds. The van der Waals surface area contributed by atoms with Gasteiger partial charge in [-0.1, -0.05) is 60.2 Å². The van der Waals surface area contributed by atoms with Crippen molar-refractivity contribution in [1.82, 2.24) is 20.1 Å². The molecule has 6 rings (SSSR count). The van der Waals surface area contributed by atoms with Crippen LogP contribution in [-0.2, 0) is 11.2 Å². The van der Waals surface area contributed by atoms with Crippen LogP contribution in [0.3, 0.4) is 0 Å². The van der Waals surface area contributed by atoms with Crippen LogP contribution in [0.5, 0.6) is 0 Å². The third-order valence-corrected chi connectivity index (χ3v) is 9.06. The van der Waals surface area contributed by atoms with E-state index in [1.165, 1.54) is 16.7 Å². The third kappa shape index (κ3) is 7.03. The normalized spacial score (nSPS) is 16.0. The number of piperazine rings is 1. The zero-order valence-electron chi connectivity index (χ0n) is 27.1. The number of hydrogen-bond donors (Lipinski definition) is 1. The van der Waals surface area contributed by atoms with Crippen LogP contribution < -0.4 is 5.32 Å². The number of hydrogen-bond acceptors (Lipinski definition) is 5. The Balaban J connectivity index is 1.23. The molecule has 1 fully saturated rings. The van der Waals surface area contributed by atoms with Crippen molar-refractivity contribution < 1.29 is 9.21 Å². The van der Waals surface area contributed by atoms with Gasteiger partial charge in [0, 0.05) is 49.5 Å². The van der Waals surface area contributed by atoms with E-state index in [4.69, 9.17) is 4.42 Å². The molecular formula is C39H44N4O2. The average Bonchev–Trinajstić information content (AvgIpc) is 3.44. The first-order valence-corrected chi connectivity index (χ1v) is 16.0. The largest absolute Gasteiger partial charge is 0.459 e. The second-order valence-corrected chi connectivity index (χ2v) is 13.3. The van der Waals surface area contributed by atoms with E-state index >= 15 is 0 Å². The van der Waals surface area contributed by atoms with Crippen molar-refractivity contribution in [3.8, 4) is 0 Å². The Kier molecular flexibility index (Phi) is 8.88. The number of benzene rings is 3. The van der Waals surface area contributed by atoms with Gasteiger partial charge in [0.05, 0.1) is 18.5 Å². The lowest BCUT2D eigenvalue weighted by Crippen LogP contribution is -2.54. The van der Waals surface area contributed by atoms with E-state index in [0.717, 1.165) is 59.6 Å². The summed E-state index contributed by atoms with van der Waals surface area (Å²) in [7, 11) is 0. The van der Waals surface area contributed by atoms with Crippen molar-refractivity contribution in [3.05, 3.63) is 136 Å². The fourth-order valence-corrected chi connectivity index (χ4v) is 6.64. The number of carbonyl (C=O) groups is 1. The lowest BCUT2D eigenvalue weighted by molar-refractivity contribution is -0.120. The first kappa shape index (κ1) is 30.8. The van der Waals surface area contributed by atoms with Crippen LogP contribution in [-0.4, -0.2) is 52.4 Å². The maximum absolute atomic E-state index is 13.5. The van der Waals surface area contributed by atoms with Gasteiger partial charge in [-0.25, -0.2) is 0 Å². The molecule has 1 aliphatic rings. The van der Waals surface area contributed by atoms with Gasteiger partial charge in [-0.3, -0.25) is 19.6 Å². The fourth-order valence-electron chi connectivity index (χ4n) is 6.64. The van der Waals surface area contributed by atoms with E-state index in [-0.39, 0.29) is 30.0 Å². The molecule has 0 bridgehead atoms. The van der Waals surface area contributed by atoms with Crippen molar-refractivity contribution in [2.24, 2.45) is 0 Å². The van der Waals surface area contributed by atoms with E-state index in [0.29, 0.717) is 0 Å². The Labute approximate surface area is 267 Å². The monoisotopic (exact) mass is 600 g/mol. The van der Waals surface area contributed by atoms with Crippen molar-refractivity contribution in [2.45, 2.75) is 58.7 Å². The Bertz CT molecular complexity index is 1750. The molecule has 3 heterocycles. The van der Waals surface area contributed by atoms with Gasteiger partial charge < -0.3 is 9.73 Å². The van der Waals surface area contributed by atoms with Crippen LogP contribution >= 0.6 is 0 Å². The molecule has 0 spiro atoms. The van der Waals surface area contributed by atoms with Gasteiger partial charge in [-0.15, -0.1) is 0 Å². The highest BCUT2D eigenvalue weighted by molar-refractivity contribution is 5.83. The predicted molar refractivity (Wildman–Crippen MR) is 181 cm³/mol. The molecule has 5 aromatic rings. The highest BCUT2D eigenvalue weighted by Gasteiger charge is 2.32. The van der Waals surface area contributed by atoms with Crippen LogP contribution in [0, 0.1) is 13.8 Å². The number of carbonyl (C=O) groups excluding carboxylic acids is 1. The van der Waals surface area contributed by atoms with Crippen molar-refractivity contribution in [1.29, 1.82) is 0 Å². The number of aromatic nitrogens is 1. The minimum absolute atomic E-state index is 0.00125. The molecule has 6 heteroatoms. The lowest BCUT2D eigenvalue weighted by Gasteiger charge is -2.44. The van der Waals surface area contributed by atoms with Gasteiger partial charge in [-0.05, 0) is 92.8 Å².